The molecule has 2 aromatic carbocycles. The number of rotatable bonds is 3. The van der Waals surface area contributed by atoms with Crippen LogP contribution >= 0.6 is 11.6 Å². The molecule has 0 saturated carbocycles. The zero-order valence-electron chi connectivity index (χ0n) is 11.1. The van der Waals surface area contributed by atoms with Gasteiger partial charge < -0.3 is 5.32 Å². The Morgan fingerprint density at radius 3 is 2.63 bits per heavy atom. The molecule has 0 spiro atoms. The van der Waals surface area contributed by atoms with Crippen LogP contribution in [0.1, 0.15) is 28.3 Å². The van der Waals surface area contributed by atoms with Gasteiger partial charge in [0.05, 0.1) is 5.38 Å². The molecule has 2 heteroatoms. The van der Waals surface area contributed by atoms with Gasteiger partial charge in [0.25, 0.3) is 0 Å². The number of halogens is 1. The summed E-state index contributed by atoms with van der Waals surface area (Å²) in [7, 11) is 0. The maximum absolute atomic E-state index is 6.47. The fraction of sp³-hybridized carbons (Fsp3) is 0.294. The lowest BCUT2D eigenvalue weighted by molar-refractivity contribution is 0.536. The summed E-state index contributed by atoms with van der Waals surface area (Å²) >= 11 is 6.47. The summed E-state index contributed by atoms with van der Waals surface area (Å²) < 4.78 is 0. The Hall–Kier alpha value is -1.31. The van der Waals surface area contributed by atoms with Crippen molar-refractivity contribution in [3.63, 3.8) is 0 Å². The van der Waals surface area contributed by atoms with Crippen molar-refractivity contribution in [3.05, 3.63) is 70.8 Å². The first-order valence-electron chi connectivity index (χ1n) is 6.75. The standard InChI is InChI=1S/C17H18ClN/c1-12-6-8-13(9-7-12)11-19-17-15-5-3-2-4-14(15)10-16(17)18/h2-9,16-17,19H,10-11H2,1H3. The molecule has 2 unspecified atom stereocenters. The first-order chi connectivity index (χ1) is 9.24. The summed E-state index contributed by atoms with van der Waals surface area (Å²) in [6.45, 7) is 2.97. The van der Waals surface area contributed by atoms with Gasteiger partial charge in [-0.3, -0.25) is 0 Å². The maximum Gasteiger partial charge on any atom is 0.0571 e. The van der Waals surface area contributed by atoms with E-state index in [0.717, 1.165) is 13.0 Å². The fourth-order valence-corrected chi connectivity index (χ4v) is 3.11. The highest BCUT2D eigenvalue weighted by Crippen LogP contribution is 2.34. The maximum atomic E-state index is 6.47. The van der Waals surface area contributed by atoms with Crippen LogP contribution in [0.3, 0.4) is 0 Å². The highest BCUT2D eigenvalue weighted by Gasteiger charge is 2.29. The number of benzene rings is 2. The Morgan fingerprint density at radius 2 is 1.84 bits per heavy atom. The van der Waals surface area contributed by atoms with Gasteiger partial charge in [-0.25, -0.2) is 0 Å². The molecule has 2 atom stereocenters. The van der Waals surface area contributed by atoms with Crippen LogP contribution in [0.15, 0.2) is 48.5 Å². The summed E-state index contributed by atoms with van der Waals surface area (Å²) in [4.78, 5) is 0. The highest BCUT2D eigenvalue weighted by atomic mass is 35.5. The van der Waals surface area contributed by atoms with Gasteiger partial charge in [0, 0.05) is 12.6 Å². The fourth-order valence-electron chi connectivity index (χ4n) is 2.72. The molecule has 0 amide bonds. The summed E-state index contributed by atoms with van der Waals surface area (Å²) in [5, 5.41) is 3.75. The van der Waals surface area contributed by atoms with Crippen molar-refractivity contribution >= 4 is 11.6 Å². The molecule has 19 heavy (non-hydrogen) atoms. The Labute approximate surface area is 119 Å². The minimum absolute atomic E-state index is 0.155. The van der Waals surface area contributed by atoms with Gasteiger partial charge in [-0.05, 0) is 30.0 Å². The lowest BCUT2D eigenvalue weighted by Gasteiger charge is -2.17. The van der Waals surface area contributed by atoms with Crippen LogP contribution in [-0.2, 0) is 13.0 Å². The highest BCUT2D eigenvalue weighted by molar-refractivity contribution is 6.21. The van der Waals surface area contributed by atoms with Gasteiger partial charge in [-0.2, -0.15) is 0 Å². The number of aryl methyl sites for hydroxylation is 1. The zero-order chi connectivity index (χ0) is 13.2. The molecule has 0 aromatic heterocycles. The van der Waals surface area contributed by atoms with E-state index in [0.29, 0.717) is 0 Å². The van der Waals surface area contributed by atoms with E-state index >= 15 is 0 Å². The Kier molecular flexibility index (Phi) is 3.58. The van der Waals surface area contributed by atoms with Gasteiger partial charge in [0.2, 0.25) is 0 Å². The Balaban J connectivity index is 1.72. The molecule has 1 aliphatic carbocycles. The second kappa shape index (κ2) is 5.36. The summed E-state index contributed by atoms with van der Waals surface area (Å²) in [6.07, 6.45) is 0.962. The first-order valence-corrected chi connectivity index (χ1v) is 7.18. The topological polar surface area (TPSA) is 12.0 Å². The van der Waals surface area contributed by atoms with Crippen molar-refractivity contribution in [2.24, 2.45) is 0 Å². The first kappa shape index (κ1) is 12.7. The Morgan fingerprint density at radius 1 is 1.11 bits per heavy atom. The smallest absolute Gasteiger partial charge is 0.0571 e. The third-order valence-corrected chi connectivity index (χ3v) is 4.22. The largest absolute Gasteiger partial charge is 0.305 e. The van der Waals surface area contributed by atoms with Crippen LogP contribution in [-0.4, -0.2) is 5.38 Å². The molecule has 0 saturated heterocycles. The van der Waals surface area contributed by atoms with E-state index in [1.54, 1.807) is 0 Å². The van der Waals surface area contributed by atoms with Crippen molar-refractivity contribution < 1.29 is 0 Å². The van der Waals surface area contributed by atoms with E-state index in [9.17, 15) is 0 Å². The molecule has 1 N–H and O–H groups in total. The average Bonchev–Trinajstić information content (AvgIpc) is 2.74. The second-order valence-electron chi connectivity index (χ2n) is 5.26. The number of hydrogen-bond donors (Lipinski definition) is 1. The average molecular weight is 272 g/mol. The molecule has 0 heterocycles. The van der Waals surface area contributed by atoms with Crippen molar-refractivity contribution in [1.29, 1.82) is 0 Å². The monoisotopic (exact) mass is 271 g/mol. The van der Waals surface area contributed by atoms with Gasteiger partial charge >= 0.3 is 0 Å². The van der Waals surface area contributed by atoms with E-state index in [4.69, 9.17) is 11.6 Å². The second-order valence-corrected chi connectivity index (χ2v) is 5.82. The minimum atomic E-state index is 0.155. The van der Waals surface area contributed by atoms with Crippen molar-refractivity contribution in [2.75, 3.05) is 0 Å². The number of alkyl halides is 1. The van der Waals surface area contributed by atoms with Gasteiger partial charge in [-0.1, -0.05) is 54.1 Å². The third kappa shape index (κ3) is 2.68. The molecule has 98 valence electrons. The van der Waals surface area contributed by atoms with Crippen LogP contribution in [0, 0.1) is 6.92 Å². The molecule has 2 aromatic rings. The quantitative estimate of drug-likeness (QED) is 0.833. The zero-order valence-corrected chi connectivity index (χ0v) is 11.8. The summed E-state index contributed by atoms with van der Waals surface area (Å²) in [5.41, 5.74) is 5.34. The molecule has 0 aliphatic heterocycles. The number of hydrogen-bond acceptors (Lipinski definition) is 1. The van der Waals surface area contributed by atoms with Crippen LogP contribution in [0.5, 0.6) is 0 Å². The molecule has 0 fully saturated rings. The predicted octanol–water partition coefficient (Wildman–Crippen LogP) is 3.99. The van der Waals surface area contributed by atoms with E-state index < -0.39 is 0 Å². The summed E-state index contributed by atoms with van der Waals surface area (Å²) in [6, 6.07) is 17.5. The van der Waals surface area contributed by atoms with E-state index in [1.807, 2.05) is 0 Å². The van der Waals surface area contributed by atoms with Crippen LogP contribution in [0.2, 0.25) is 0 Å². The van der Waals surface area contributed by atoms with Crippen molar-refractivity contribution in [3.8, 4) is 0 Å². The minimum Gasteiger partial charge on any atom is -0.305 e. The Bertz CT molecular complexity index is 562. The molecule has 1 nitrogen and oxygen atoms in total. The normalized spacial score (nSPS) is 21.4. The van der Waals surface area contributed by atoms with E-state index in [-0.39, 0.29) is 11.4 Å². The van der Waals surface area contributed by atoms with Crippen LogP contribution < -0.4 is 5.32 Å². The third-order valence-electron chi connectivity index (χ3n) is 3.81. The SMILES string of the molecule is Cc1ccc(CNC2c3ccccc3CC2Cl)cc1. The van der Waals surface area contributed by atoms with Crippen LogP contribution in [0.25, 0.3) is 0 Å². The van der Waals surface area contributed by atoms with Crippen molar-refractivity contribution in [2.45, 2.75) is 31.3 Å². The van der Waals surface area contributed by atoms with Gasteiger partial charge in [-0.15, -0.1) is 11.6 Å². The number of nitrogens with one attached hydrogen (secondary N) is 1. The summed E-state index contributed by atoms with van der Waals surface area (Å²) in [5.74, 6) is 0. The molecule has 3 rings (SSSR count). The molecule has 0 bridgehead atoms. The van der Waals surface area contributed by atoms with Crippen LogP contribution in [0.4, 0.5) is 0 Å². The lowest BCUT2D eigenvalue weighted by atomic mass is 10.1. The number of fused-ring (bicyclic) bond motifs is 1. The molecule has 0 radical (unpaired) electrons. The molecule has 1 aliphatic rings. The van der Waals surface area contributed by atoms with E-state index in [2.05, 4.69) is 60.8 Å². The lowest BCUT2D eigenvalue weighted by Crippen LogP contribution is -2.25. The van der Waals surface area contributed by atoms with Gasteiger partial charge in [0.15, 0.2) is 0 Å². The molecular formula is C17H18ClN. The van der Waals surface area contributed by atoms with Crippen molar-refractivity contribution in [1.82, 2.24) is 5.32 Å². The van der Waals surface area contributed by atoms with E-state index in [1.165, 1.54) is 22.3 Å². The van der Waals surface area contributed by atoms with Gasteiger partial charge in [0.1, 0.15) is 0 Å². The predicted molar refractivity (Wildman–Crippen MR) is 80.5 cm³/mol. The molecular weight excluding hydrogens is 254 g/mol.